The van der Waals surface area contributed by atoms with E-state index < -0.39 is 0 Å². The van der Waals surface area contributed by atoms with E-state index in [0.29, 0.717) is 0 Å². The monoisotopic (exact) mass is 274 g/mol. The zero-order valence-electron chi connectivity index (χ0n) is 13.7. The van der Waals surface area contributed by atoms with Crippen molar-refractivity contribution >= 4 is 0 Å². The van der Waals surface area contributed by atoms with Gasteiger partial charge in [0.05, 0.1) is 0 Å². The molecule has 112 valence electrons. The molecular formula is C18H30N2. The van der Waals surface area contributed by atoms with Crippen LogP contribution in [0.3, 0.4) is 0 Å². The van der Waals surface area contributed by atoms with Crippen LogP contribution >= 0.6 is 0 Å². The van der Waals surface area contributed by atoms with Crippen LogP contribution in [0.15, 0.2) is 24.3 Å². The first-order valence-corrected chi connectivity index (χ1v) is 7.88. The molecule has 1 unspecified atom stereocenters. The molecule has 1 aromatic rings. The molecule has 2 nitrogen and oxygen atoms in total. The molecule has 0 heterocycles. The molecule has 0 spiro atoms. The van der Waals surface area contributed by atoms with Crippen molar-refractivity contribution in [2.24, 2.45) is 5.92 Å². The SMILES string of the molecule is CC(C1CC1)N(C)Cc1ccc(CNC(C)(C)C)cc1. The first kappa shape index (κ1) is 15.5. The van der Waals surface area contributed by atoms with E-state index in [4.69, 9.17) is 0 Å². The molecule has 1 aromatic carbocycles. The summed E-state index contributed by atoms with van der Waals surface area (Å²) in [6.45, 7) is 11.0. The Morgan fingerprint density at radius 1 is 1.15 bits per heavy atom. The van der Waals surface area contributed by atoms with Gasteiger partial charge >= 0.3 is 0 Å². The third-order valence-electron chi connectivity index (χ3n) is 4.28. The summed E-state index contributed by atoms with van der Waals surface area (Å²) in [6.07, 6.45) is 2.84. The van der Waals surface area contributed by atoms with E-state index in [1.807, 2.05) is 0 Å². The van der Waals surface area contributed by atoms with Gasteiger partial charge in [0.25, 0.3) is 0 Å². The second-order valence-corrected chi connectivity index (χ2v) is 7.41. The lowest BCUT2D eigenvalue weighted by Crippen LogP contribution is -2.35. The van der Waals surface area contributed by atoms with Crippen molar-refractivity contribution < 1.29 is 0 Å². The molecule has 0 saturated heterocycles. The predicted molar refractivity (Wildman–Crippen MR) is 86.7 cm³/mol. The summed E-state index contributed by atoms with van der Waals surface area (Å²) in [4.78, 5) is 2.49. The Balaban J connectivity index is 1.84. The fourth-order valence-corrected chi connectivity index (χ4v) is 2.50. The van der Waals surface area contributed by atoms with Crippen molar-refractivity contribution in [3.63, 3.8) is 0 Å². The first-order valence-electron chi connectivity index (χ1n) is 7.88. The number of nitrogens with one attached hydrogen (secondary N) is 1. The van der Waals surface area contributed by atoms with Gasteiger partial charge in [0.15, 0.2) is 0 Å². The first-order chi connectivity index (χ1) is 9.35. The molecule has 0 amide bonds. The highest BCUT2D eigenvalue weighted by Gasteiger charge is 2.30. The summed E-state index contributed by atoms with van der Waals surface area (Å²) in [5.41, 5.74) is 2.96. The van der Waals surface area contributed by atoms with E-state index in [1.54, 1.807) is 0 Å². The van der Waals surface area contributed by atoms with Crippen LogP contribution in [0.1, 0.15) is 51.7 Å². The molecule has 0 aromatic heterocycles. The van der Waals surface area contributed by atoms with Gasteiger partial charge < -0.3 is 5.32 Å². The molecule has 1 saturated carbocycles. The molecule has 0 aliphatic heterocycles. The molecule has 1 atom stereocenters. The van der Waals surface area contributed by atoms with Crippen LogP contribution in [-0.4, -0.2) is 23.5 Å². The van der Waals surface area contributed by atoms with Crippen LogP contribution in [0.25, 0.3) is 0 Å². The molecule has 0 radical (unpaired) electrons. The molecule has 2 rings (SSSR count). The van der Waals surface area contributed by atoms with Gasteiger partial charge in [0.1, 0.15) is 0 Å². The predicted octanol–water partition coefficient (Wildman–Crippen LogP) is 3.81. The molecule has 1 N–H and O–H groups in total. The summed E-state index contributed by atoms with van der Waals surface area (Å²) in [5.74, 6) is 0.940. The molecule has 1 fully saturated rings. The Bertz CT molecular complexity index is 412. The molecule has 20 heavy (non-hydrogen) atoms. The molecule has 0 bridgehead atoms. The van der Waals surface area contributed by atoms with Crippen molar-refractivity contribution in [2.45, 2.75) is 65.2 Å². The van der Waals surface area contributed by atoms with Crippen LogP contribution in [0.5, 0.6) is 0 Å². The summed E-state index contributed by atoms with van der Waals surface area (Å²) < 4.78 is 0. The number of hydrogen-bond donors (Lipinski definition) is 1. The fraction of sp³-hybridized carbons (Fsp3) is 0.667. The largest absolute Gasteiger partial charge is 0.308 e. The molecule has 1 aliphatic rings. The van der Waals surface area contributed by atoms with Crippen LogP contribution < -0.4 is 5.32 Å². The quantitative estimate of drug-likeness (QED) is 0.848. The van der Waals surface area contributed by atoms with Gasteiger partial charge in [0.2, 0.25) is 0 Å². The highest BCUT2D eigenvalue weighted by Crippen LogP contribution is 2.35. The summed E-state index contributed by atoms with van der Waals surface area (Å²) in [6, 6.07) is 9.77. The van der Waals surface area contributed by atoms with E-state index >= 15 is 0 Å². The van der Waals surface area contributed by atoms with Gasteiger partial charge in [-0.05, 0) is 64.6 Å². The summed E-state index contributed by atoms with van der Waals surface area (Å²) >= 11 is 0. The lowest BCUT2D eigenvalue weighted by Gasteiger charge is -2.25. The van der Waals surface area contributed by atoms with Gasteiger partial charge in [-0.3, -0.25) is 4.90 Å². The number of rotatable bonds is 6. The van der Waals surface area contributed by atoms with E-state index in [-0.39, 0.29) is 5.54 Å². The molecule has 2 heteroatoms. The fourth-order valence-electron chi connectivity index (χ4n) is 2.50. The zero-order chi connectivity index (χ0) is 14.8. The van der Waals surface area contributed by atoms with Gasteiger partial charge in [-0.25, -0.2) is 0 Å². The van der Waals surface area contributed by atoms with E-state index in [2.05, 4.69) is 69.2 Å². The highest BCUT2D eigenvalue weighted by molar-refractivity contribution is 5.22. The van der Waals surface area contributed by atoms with Crippen molar-refractivity contribution in [3.8, 4) is 0 Å². The Hall–Kier alpha value is -0.860. The van der Waals surface area contributed by atoms with Crippen molar-refractivity contribution in [1.82, 2.24) is 10.2 Å². The smallest absolute Gasteiger partial charge is 0.0233 e. The minimum atomic E-state index is 0.179. The Morgan fingerprint density at radius 2 is 1.70 bits per heavy atom. The normalized spacial score (nSPS) is 17.5. The van der Waals surface area contributed by atoms with Crippen LogP contribution in [0.4, 0.5) is 0 Å². The lowest BCUT2D eigenvalue weighted by atomic mass is 10.1. The minimum Gasteiger partial charge on any atom is -0.308 e. The Kier molecular flexibility index (Phi) is 4.87. The summed E-state index contributed by atoms with van der Waals surface area (Å²) in [7, 11) is 2.25. The van der Waals surface area contributed by atoms with Crippen LogP contribution in [0, 0.1) is 5.92 Å². The lowest BCUT2D eigenvalue weighted by molar-refractivity contribution is 0.226. The van der Waals surface area contributed by atoms with E-state index in [0.717, 1.165) is 25.0 Å². The van der Waals surface area contributed by atoms with Crippen LogP contribution in [-0.2, 0) is 13.1 Å². The average molecular weight is 274 g/mol. The van der Waals surface area contributed by atoms with E-state index in [1.165, 1.54) is 24.0 Å². The van der Waals surface area contributed by atoms with Crippen molar-refractivity contribution in [2.75, 3.05) is 7.05 Å². The maximum absolute atomic E-state index is 3.53. The standard InChI is InChI=1S/C18H30N2/c1-14(17-10-11-17)20(5)13-16-8-6-15(7-9-16)12-19-18(2,3)4/h6-9,14,17,19H,10-13H2,1-5H3. The van der Waals surface area contributed by atoms with Gasteiger partial charge in [-0.1, -0.05) is 24.3 Å². The maximum atomic E-state index is 3.53. The minimum absolute atomic E-state index is 0.179. The maximum Gasteiger partial charge on any atom is 0.0233 e. The number of hydrogen-bond acceptors (Lipinski definition) is 2. The second-order valence-electron chi connectivity index (χ2n) is 7.41. The average Bonchev–Trinajstić information content (AvgIpc) is 3.20. The molecule has 1 aliphatic carbocycles. The zero-order valence-corrected chi connectivity index (χ0v) is 13.7. The van der Waals surface area contributed by atoms with Gasteiger partial charge in [-0.15, -0.1) is 0 Å². The third kappa shape index (κ3) is 4.92. The van der Waals surface area contributed by atoms with Crippen molar-refractivity contribution in [3.05, 3.63) is 35.4 Å². The number of benzene rings is 1. The Labute approximate surface area is 124 Å². The Morgan fingerprint density at radius 3 is 2.20 bits per heavy atom. The molecular weight excluding hydrogens is 244 g/mol. The summed E-state index contributed by atoms with van der Waals surface area (Å²) in [5, 5.41) is 3.53. The van der Waals surface area contributed by atoms with Crippen LogP contribution in [0.2, 0.25) is 0 Å². The van der Waals surface area contributed by atoms with E-state index in [9.17, 15) is 0 Å². The van der Waals surface area contributed by atoms with Gasteiger partial charge in [0, 0.05) is 24.7 Å². The van der Waals surface area contributed by atoms with Gasteiger partial charge in [-0.2, -0.15) is 0 Å². The second kappa shape index (κ2) is 6.28. The topological polar surface area (TPSA) is 15.3 Å². The highest BCUT2D eigenvalue weighted by atomic mass is 15.1. The van der Waals surface area contributed by atoms with Crippen molar-refractivity contribution in [1.29, 1.82) is 0 Å². The number of nitrogens with zero attached hydrogens (tertiary/aromatic N) is 1. The third-order valence-corrected chi connectivity index (χ3v) is 4.28.